The van der Waals surface area contributed by atoms with Gasteiger partial charge in [0.25, 0.3) is 5.91 Å². The maximum absolute atomic E-state index is 12.6. The molecule has 3 aromatic rings. The molecule has 26 heavy (non-hydrogen) atoms. The summed E-state index contributed by atoms with van der Waals surface area (Å²) in [4.78, 5) is 16.1. The van der Waals surface area contributed by atoms with E-state index >= 15 is 0 Å². The van der Waals surface area contributed by atoms with Gasteiger partial charge < -0.3 is 15.0 Å². The number of H-pyrrole nitrogens is 1. The quantitative estimate of drug-likeness (QED) is 0.747. The van der Waals surface area contributed by atoms with E-state index in [4.69, 9.17) is 4.74 Å². The third kappa shape index (κ3) is 2.88. The van der Waals surface area contributed by atoms with Crippen molar-refractivity contribution in [1.82, 2.24) is 10.3 Å². The highest BCUT2D eigenvalue weighted by Crippen LogP contribution is 2.27. The Bertz CT molecular complexity index is 1040. The molecular weight excluding hydrogens is 324 g/mol. The number of nitrogens with one attached hydrogen (secondary N) is 2. The number of carbonyl (C=O) groups is 1. The molecule has 0 unspecified atom stereocenters. The molecule has 132 valence electrons. The molecule has 0 bridgehead atoms. The molecule has 1 aromatic heterocycles. The topological polar surface area (TPSA) is 54.1 Å². The van der Waals surface area contributed by atoms with Gasteiger partial charge in [-0.25, -0.2) is 0 Å². The SMILES string of the molecule is Cc1cc(CNC(=O)C2=Cc3ccccc3OC2)c2[nH]c(C)c(C)c2c1. The molecule has 2 heterocycles. The fourth-order valence-corrected chi connectivity index (χ4v) is 3.46. The second-order valence-electron chi connectivity index (χ2n) is 6.90. The monoisotopic (exact) mass is 346 g/mol. The summed E-state index contributed by atoms with van der Waals surface area (Å²) in [6.45, 7) is 7.06. The number of hydrogen-bond donors (Lipinski definition) is 2. The van der Waals surface area contributed by atoms with Gasteiger partial charge in [0.2, 0.25) is 0 Å². The van der Waals surface area contributed by atoms with Gasteiger partial charge in [-0.3, -0.25) is 4.79 Å². The Morgan fingerprint density at radius 2 is 2.00 bits per heavy atom. The molecule has 0 spiro atoms. The lowest BCUT2D eigenvalue weighted by atomic mass is 10.0. The minimum absolute atomic E-state index is 0.0887. The Labute approximate surface area is 152 Å². The van der Waals surface area contributed by atoms with E-state index < -0.39 is 0 Å². The van der Waals surface area contributed by atoms with Crippen LogP contribution in [-0.4, -0.2) is 17.5 Å². The Kier molecular flexibility index (Phi) is 4.03. The van der Waals surface area contributed by atoms with E-state index in [0.29, 0.717) is 18.7 Å². The number of aromatic nitrogens is 1. The van der Waals surface area contributed by atoms with Gasteiger partial charge in [0.15, 0.2) is 0 Å². The van der Waals surface area contributed by atoms with Gasteiger partial charge in [0.05, 0.1) is 11.1 Å². The molecule has 0 saturated heterocycles. The first-order valence-corrected chi connectivity index (χ1v) is 8.82. The number of fused-ring (bicyclic) bond motifs is 2. The summed E-state index contributed by atoms with van der Waals surface area (Å²) < 4.78 is 5.68. The van der Waals surface area contributed by atoms with Crippen molar-refractivity contribution in [3.63, 3.8) is 0 Å². The molecule has 1 aliphatic heterocycles. The number of rotatable bonds is 3. The Morgan fingerprint density at radius 3 is 2.85 bits per heavy atom. The van der Waals surface area contributed by atoms with E-state index in [1.165, 1.54) is 16.5 Å². The summed E-state index contributed by atoms with van der Waals surface area (Å²) in [6.07, 6.45) is 1.91. The van der Waals surface area contributed by atoms with E-state index in [2.05, 4.69) is 43.2 Å². The van der Waals surface area contributed by atoms with Crippen LogP contribution >= 0.6 is 0 Å². The maximum Gasteiger partial charge on any atom is 0.250 e. The largest absolute Gasteiger partial charge is 0.488 e. The van der Waals surface area contributed by atoms with Crippen LogP contribution in [-0.2, 0) is 11.3 Å². The summed E-state index contributed by atoms with van der Waals surface area (Å²) in [5.41, 5.74) is 7.41. The van der Waals surface area contributed by atoms with Crippen molar-refractivity contribution in [1.29, 1.82) is 0 Å². The standard InChI is InChI=1S/C22H22N2O2/c1-13-8-17(21-19(9-13)14(2)15(3)24-21)11-23-22(25)18-10-16-6-4-5-7-20(16)26-12-18/h4-10,24H,11-12H2,1-3H3,(H,23,25). The Morgan fingerprint density at radius 1 is 1.19 bits per heavy atom. The molecule has 2 N–H and O–H groups in total. The molecule has 0 saturated carbocycles. The van der Waals surface area contributed by atoms with Crippen molar-refractivity contribution in [2.75, 3.05) is 6.61 Å². The zero-order valence-corrected chi connectivity index (χ0v) is 15.3. The summed E-state index contributed by atoms with van der Waals surface area (Å²) in [5, 5.41) is 4.26. The minimum atomic E-state index is -0.0887. The van der Waals surface area contributed by atoms with Crippen molar-refractivity contribution in [2.24, 2.45) is 0 Å². The molecule has 0 radical (unpaired) electrons. The van der Waals surface area contributed by atoms with E-state index in [9.17, 15) is 4.79 Å². The average molecular weight is 346 g/mol. The first kappa shape index (κ1) is 16.5. The number of amides is 1. The smallest absolute Gasteiger partial charge is 0.250 e. The third-order valence-electron chi connectivity index (χ3n) is 5.01. The highest BCUT2D eigenvalue weighted by atomic mass is 16.5. The maximum atomic E-state index is 12.6. The van der Waals surface area contributed by atoms with Crippen LogP contribution < -0.4 is 10.1 Å². The van der Waals surface area contributed by atoms with E-state index in [1.54, 1.807) is 0 Å². The number of aryl methyl sites for hydroxylation is 3. The molecule has 4 rings (SSSR count). The van der Waals surface area contributed by atoms with E-state index in [1.807, 2.05) is 30.3 Å². The van der Waals surface area contributed by atoms with Crippen LogP contribution in [0.15, 0.2) is 42.0 Å². The molecule has 1 amide bonds. The number of hydrogen-bond acceptors (Lipinski definition) is 2. The van der Waals surface area contributed by atoms with E-state index in [-0.39, 0.29) is 5.91 Å². The minimum Gasteiger partial charge on any atom is -0.488 e. The van der Waals surface area contributed by atoms with Crippen molar-refractivity contribution in [3.05, 3.63) is 69.9 Å². The van der Waals surface area contributed by atoms with Crippen LogP contribution in [0.2, 0.25) is 0 Å². The predicted molar refractivity (Wildman–Crippen MR) is 104 cm³/mol. The van der Waals surface area contributed by atoms with Crippen molar-refractivity contribution >= 4 is 22.9 Å². The van der Waals surface area contributed by atoms with Crippen LogP contribution in [0.1, 0.15) is 27.9 Å². The van der Waals surface area contributed by atoms with Gasteiger partial charge in [0.1, 0.15) is 12.4 Å². The zero-order valence-electron chi connectivity index (χ0n) is 15.3. The molecule has 1 aliphatic rings. The number of carbonyl (C=O) groups excluding carboxylic acids is 1. The van der Waals surface area contributed by atoms with Crippen LogP contribution in [0.5, 0.6) is 5.75 Å². The van der Waals surface area contributed by atoms with Crippen LogP contribution in [0.25, 0.3) is 17.0 Å². The lowest BCUT2D eigenvalue weighted by molar-refractivity contribution is -0.117. The van der Waals surface area contributed by atoms with Gasteiger partial charge in [0, 0.05) is 23.2 Å². The molecule has 4 heteroatoms. The summed E-state index contributed by atoms with van der Waals surface area (Å²) in [5.74, 6) is 0.732. The van der Waals surface area contributed by atoms with Gasteiger partial charge in [-0.1, -0.05) is 29.8 Å². The van der Waals surface area contributed by atoms with Crippen LogP contribution in [0.3, 0.4) is 0 Å². The Hall–Kier alpha value is -3.01. The summed E-state index contributed by atoms with van der Waals surface area (Å²) >= 11 is 0. The zero-order chi connectivity index (χ0) is 18.3. The fraction of sp³-hybridized carbons (Fsp3) is 0.227. The van der Waals surface area contributed by atoms with Crippen LogP contribution in [0, 0.1) is 20.8 Å². The van der Waals surface area contributed by atoms with Crippen molar-refractivity contribution < 1.29 is 9.53 Å². The normalized spacial score (nSPS) is 13.1. The summed E-state index contributed by atoms with van der Waals surface area (Å²) in [6, 6.07) is 12.1. The van der Waals surface area contributed by atoms with E-state index in [0.717, 1.165) is 28.1 Å². The van der Waals surface area contributed by atoms with Crippen molar-refractivity contribution in [2.45, 2.75) is 27.3 Å². The van der Waals surface area contributed by atoms with Gasteiger partial charge in [-0.2, -0.15) is 0 Å². The molecule has 0 fully saturated rings. The number of aromatic amines is 1. The highest BCUT2D eigenvalue weighted by molar-refractivity contribution is 5.99. The number of ether oxygens (including phenoxy) is 1. The first-order valence-electron chi connectivity index (χ1n) is 8.82. The fourth-order valence-electron chi connectivity index (χ4n) is 3.46. The molecule has 0 atom stereocenters. The second kappa shape index (κ2) is 6.37. The molecule has 4 nitrogen and oxygen atoms in total. The lowest BCUT2D eigenvalue weighted by Crippen LogP contribution is -2.28. The third-order valence-corrected chi connectivity index (χ3v) is 5.01. The lowest BCUT2D eigenvalue weighted by Gasteiger charge is -2.17. The molecule has 0 aliphatic carbocycles. The first-order chi connectivity index (χ1) is 12.5. The highest BCUT2D eigenvalue weighted by Gasteiger charge is 2.17. The van der Waals surface area contributed by atoms with Gasteiger partial charge in [-0.05, 0) is 50.1 Å². The number of benzene rings is 2. The summed E-state index contributed by atoms with van der Waals surface area (Å²) in [7, 11) is 0. The van der Waals surface area contributed by atoms with Gasteiger partial charge in [-0.15, -0.1) is 0 Å². The Balaban J connectivity index is 1.57. The van der Waals surface area contributed by atoms with Crippen molar-refractivity contribution in [3.8, 4) is 5.75 Å². The van der Waals surface area contributed by atoms with Crippen LogP contribution in [0.4, 0.5) is 0 Å². The van der Waals surface area contributed by atoms with Gasteiger partial charge >= 0.3 is 0 Å². The number of para-hydroxylation sites is 1. The molecule has 2 aromatic carbocycles. The second-order valence-corrected chi connectivity index (χ2v) is 6.90. The molecular formula is C22H22N2O2. The average Bonchev–Trinajstić information content (AvgIpc) is 2.93. The predicted octanol–water partition coefficient (Wildman–Crippen LogP) is 4.19.